The highest BCUT2D eigenvalue weighted by molar-refractivity contribution is 6.09. The third-order valence-electron chi connectivity index (χ3n) is 7.28. The molecule has 0 atom stereocenters. The summed E-state index contributed by atoms with van der Waals surface area (Å²) < 4.78 is 0. The van der Waals surface area contributed by atoms with Crippen molar-refractivity contribution in [1.29, 1.82) is 0 Å². The van der Waals surface area contributed by atoms with Gasteiger partial charge in [-0.1, -0.05) is 18.2 Å². The number of carbonyl (C=O) groups is 1. The zero-order chi connectivity index (χ0) is 25.1. The molecule has 2 aliphatic heterocycles. The molecule has 0 aliphatic carbocycles. The van der Waals surface area contributed by atoms with Crippen molar-refractivity contribution >= 4 is 28.7 Å². The average Bonchev–Trinajstić information content (AvgIpc) is 3.01. The van der Waals surface area contributed by atoms with E-state index in [4.69, 9.17) is 0 Å². The maximum atomic E-state index is 13.4. The summed E-state index contributed by atoms with van der Waals surface area (Å²) in [5, 5.41) is 16.6. The van der Waals surface area contributed by atoms with Crippen LogP contribution in [-0.2, 0) is 12.8 Å². The van der Waals surface area contributed by atoms with Gasteiger partial charge in [0.15, 0.2) is 5.78 Å². The maximum Gasteiger partial charge on any atom is 0.173 e. The van der Waals surface area contributed by atoms with Crippen LogP contribution in [0.3, 0.4) is 0 Å². The number of phenolic OH excluding ortho intramolecular Hbond substituents is 1. The quantitative estimate of drug-likeness (QED) is 0.411. The van der Waals surface area contributed by atoms with Gasteiger partial charge in [-0.15, -0.1) is 0 Å². The number of Topliss-reactive ketones (excluding diaryl/α,β-unsaturated/α-hetero) is 1. The molecule has 0 spiro atoms. The van der Waals surface area contributed by atoms with Gasteiger partial charge < -0.3 is 25.5 Å². The van der Waals surface area contributed by atoms with Gasteiger partial charge in [0.05, 0.1) is 11.3 Å². The lowest BCUT2D eigenvalue weighted by Crippen LogP contribution is -2.44. The van der Waals surface area contributed by atoms with Crippen LogP contribution in [0, 0.1) is 6.92 Å². The van der Waals surface area contributed by atoms with E-state index in [1.54, 1.807) is 18.3 Å². The topological polar surface area (TPSA) is 80.7 Å². The number of piperazine rings is 1. The highest BCUT2D eigenvalue weighted by Crippen LogP contribution is 2.35. The highest BCUT2D eigenvalue weighted by atomic mass is 16.3. The van der Waals surface area contributed by atoms with Crippen molar-refractivity contribution in [3.63, 3.8) is 0 Å². The summed E-state index contributed by atoms with van der Waals surface area (Å²) in [4.78, 5) is 22.9. The van der Waals surface area contributed by atoms with Crippen molar-refractivity contribution in [3.05, 3.63) is 70.9 Å². The molecule has 0 saturated carbocycles. The molecule has 0 bridgehead atoms. The Morgan fingerprint density at radius 2 is 1.86 bits per heavy atom. The number of nitrogens with one attached hydrogen (secondary N) is 2. The summed E-state index contributed by atoms with van der Waals surface area (Å²) in [6.07, 6.45) is 5.37. The molecule has 3 heterocycles. The largest absolute Gasteiger partial charge is 0.508 e. The summed E-state index contributed by atoms with van der Waals surface area (Å²) in [5.74, 6) is 0.759. The fourth-order valence-electron chi connectivity index (χ4n) is 5.03. The third-order valence-corrected chi connectivity index (χ3v) is 7.28. The third kappa shape index (κ3) is 5.53. The van der Waals surface area contributed by atoms with Gasteiger partial charge >= 0.3 is 0 Å². The van der Waals surface area contributed by atoms with E-state index in [1.165, 1.54) is 25.1 Å². The summed E-state index contributed by atoms with van der Waals surface area (Å²) in [5.41, 5.74) is 6.18. The first-order valence-corrected chi connectivity index (χ1v) is 12.8. The van der Waals surface area contributed by atoms with Crippen LogP contribution in [0.1, 0.15) is 39.9 Å². The van der Waals surface area contributed by atoms with E-state index >= 15 is 0 Å². The molecule has 0 amide bonds. The zero-order valence-corrected chi connectivity index (χ0v) is 21.2. The molecule has 2 aliphatic rings. The summed E-state index contributed by atoms with van der Waals surface area (Å²) in [6, 6.07) is 13.4. The Hall–Kier alpha value is -3.42. The molecule has 5 rings (SSSR count). The van der Waals surface area contributed by atoms with Crippen LogP contribution in [0.15, 0.2) is 48.7 Å². The minimum atomic E-state index is 0.0249. The minimum absolute atomic E-state index is 0.0249. The van der Waals surface area contributed by atoms with Crippen LogP contribution >= 0.6 is 0 Å². The van der Waals surface area contributed by atoms with Crippen LogP contribution in [0.5, 0.6) is 5.75 Å². The number of ketones is 1. The number of aromatic hydroxyl groups is 1. The standard InChI is InChI=1S/C29H35N5O2/c1-20-6-8-23(35)19-26(20)31-25-10-11-30-29-28(25)27(36)18-22-17-21(7-9-24(22)32-29)5-3-4-12-34-15-13-33(2)14-16-34/h6-11,17,19,35H,3-5,12-16,18H2,1-2H3,(H2,30,31,32). The number of hydrogen-bond donors (Lipinski definition) is 3. The monoisotopic (exact) mass is 485 g/mol. The summed E-state index contributed by atoms with van der Waals surface area (Å²) in [7, 11) is 2.19. The van der Waals surface area contributed by atoms with Crippen molar-refractivity contribution in [1.82, 2.24) is 14.8 Å². The van der Waals surface area contributed by atoms with Gasteiger partial charge in [0.25, 0.3) is 0 Å². The van der Waals surface area contributed by atoms with Gasteiger partial charge in [-0.25, -0.2) is 4.98 Å². The van der Waals surface area contributed by atoms with Crippen molar-refractivity contribution in [3.8, 4) is 5.75 Å². The van der Waals surface area contributed by atoms with Gasteiger partial charge in [0.1, 0.15) is 11.6 Å². The second-order valence-corrected chi connectivity index (χ2v) is 10.0. The number of fused-ring (bicyclic) bond motifs is 2. The number of carbonyl (C=O) groups excluding carboxylic acids is 1. The van der Waals surface area contributed by atoms with Gasteiger partial charge in [-0.05, 0) is 74.7 Å². The van der Waals surface area contributed by atoms with E-state index in [2.05, 4.69) is 50.7 Å². The zero-order valence-electron chi connectivity index (χ0n) is 21.2. The van der Waals surface area contributed by atoms with Crippen LogP contribution in [0.4, 0.5) is 22.9 Å². The van der Waals surface area contributed by atoms with Crippen LogP contribution in [0.2, 0.25) is 0 Å². The van der Waals surface area contributed by atoms with E-state index in [0.717, 1.165) is 55.0 Å². The van der Waals surface area contributed by atoms with Crippen molar-refractivity contribution < 1.29 is 9.90 Å². The number of phenols is 1. The highest BCUT2D eigenvalue weighted by Gasteiger charge is 2.24. The second kappa shape index (κ2) is 10.7. The van der Waals surface area contributed by atoms with E-state index in [1.807, 2.05) is 19.1 Å². The molecule has 7 heteroatoms. The molecule has 36 heavy (non-hydrogen) atoms. The summed E-state index contributed by atoms with van der Waals surface area (Å²) >= 11 is 0. The number of anilines is 4. The molecular formula is C29H35N5O2. The molecule has 1 fully saturated rings. The Kier molecular flexibility index (Phi) is 7.20. The van der Waals surface area contributed by atoms with Crippen molar-refractivity contribution in [2.24, 2.45) is 0 Å². The molecule has 2 aromatic carbocycles. The number of aromatic nitrogens is 1. The minimum Gasteiger partial charge on any atom is -0.508 e. The average molecular weight is 486 g/mol. The Bertz CT molecular complexity index is 1250. The number of nitrogens with zero attached hydrogens (tertiary/aromatic N) is 3. The predicted octanol–water partition coefficient (Wildman–Crippen LogP) is 4.89. The van der Waals surface area contributed by atoms with Crippen LogP contribution in [0.25, 0.3) is 0 Å². The molecule has 0 unspecified atom stereocenters. The van der Waals surface area contributed by atoms with Crippen LogP contribution < -0.4 is 10.6 Å². The van der Waals surface area contributed by atoms with E-state index in [-0.39, 0.29) is 11.5 Å². The first-order chi connectivity index (χ1) is 17.5. The first kappa shape index (κ1) is 24.3. The molecule has 3 N–H and O–H groups in total. The number of likely N-dealkylation sites (N-methyl/N-ethyl adjacent to an activating group) is 1. The number of rotatable bonds is 7. The molecule has 188 valence electrons. The van der Waals surface area contributed by atoms with E-state index in [0.29, 0.717) is 23.5 Å². The fourth-order valence-corrected chi connectivity index (χ4v) is 5.03. The Labute approximate surface area is 213 Å². The smallest absolute Gasteiger partial charge is 0.173 e. The first-order valence-electron chi connectivity index (χ1n) is 12.8. The van der Waals surface area contributed by atoms with E-state index in [9.17, 15) is 9.90 Å². The molecule has 1 aromatic heterocycles. The molecule has 1 saturated heterocycles. The maximum absolute atomic E-state index is 13.4. The Balaban J connectivity index is 1.26. The molecule has 0 radical (unpaired) electrons. The SMILES string of the molecule is Cc1ccc(O)cc1Nc1ccnc2c1C(=O)Cc1cc(CCCCN3CCN(C)CC3)ccc1N2. The van der Waals surface area contributed by atoms with Crippen molar-refractivity contribution in [2.75, 3.05) is 50.4 Å². The Morgan fingerprint density at radius 1 is 1.03 bits per heavy atom. The normalized spacial score (nSPS) is 16.1. The predicted molar refractivity (Wildman–Crippen MR) is 145 cm³/mol. The number of hydrogen-bond acceptors (Lipinski definition) is 7. The number of unbranched alkanes of at least 4 members (excludes halogenated alkanes) is 1. The molecule has 7 nitrogen and oxygen atoms in total. The van der Waals surface area contributed by atoms with Gasteiger partial charge in [0, 0.05) is 56.2 Å². The lowest BCUT2D eigenvalue weighted by atomic mass is 9.99. The van der Waals surface area contributed by atoms with Gasteiger partial charge in [-0.3, -0.25) is 4.79 Å². The van der Waals surface area contributed by atoms with Crippen molar-refractivity contribution in [2.45, 2.75) is 32.6 Å². The fraction of sp³-hybridized carbons (Fsp3) is 0.379. The lowest BCUT2D eigenvalue weighted by molar-refractivity contribution is 0.0995. The number of aryl methyl sites for hydroxylation is 2. The number of pyridine rings is 1. The van der Waals surface area contributed by atoms with Gasteiger partial charge in [-0.2, -0.15) is 0 Å². The van der Waals surface area contributed by atoms with Gasteiger partial charge in [0.2, 0.25) is 0 Å². The summed E-state index contributed by atoms with van der Waals surface area (Å²) in [6.45, 7) is 7.78. The van der Waals surface area contributed by atoms with E-state index < -0.39 is 0 Å². The molecular weight excluding hydrogens is 450 g/mol. The molecule has 3 aromatic rings. The number of benzene rings is 2. The Morgan fingerprint density at radius 3 is 2.69 bits per heavy atom. The van der Waals surface area contributed by atoms with Crippen LogP contribution in [-0.4, -0.2) is 65.4 Å². The lowest BCUT2D eigenvalue weighted by Gasteiger charge is -2.32. The second-order valence-electron chi connectivity index (χ2n) is 10.0.